The third-order valence-corrected chi connectivity index (χ3v) is 7.46. The Bertz CT molecular complexity index is 1970. The summed E-state index contributed by atoms with van der Waals surface area (Å²) in [6, 6.07) is 34.0. The second-order valence-electron chi connectivity index (χ2n) is 10.7. The van der Waals surface area contributed by atoms with Gasteiger partial charge in [0.2, 0.25) is 0 Å². The molecule has 0 saturated carbocycles. The quantitative estimate of drug-likeness (QED) is 0.170. The van der Waals surface area contributed by atoms with E-state index in [2.05, 4.69) is 47.2 Å². The first-order chi connectivity index (χ1) is 20.1. The molecule has 4 aromatic heterocycles. The molecule has 5 heteroatoms. The van der Waals surface area contributed by atoms with Crippen molar-refractivity contribution in [3.63, 3.8) is 0 Å². The third kappa shape index (κ3) is 6.33. The van der Waals surface area contributed by atoms with Crippen LogP contribution in [0.1, 0.15) is 34.0 Å². The van der Waals surface area contributed by atoms with Crippen LogP contribution in [0.25, 0.3) is 54.5 Å². The normalized spacial score (nSPS) is 12.4. The van der Waals surface area contributed by atoms with Gasteiger partial charge in [-0.1, -0.05) is 67.6 Å². The summed E-state index contributed by atoms with van der Waals surface area (Å²) in [5, 5.41) is 3.29. The number of fused-ring (bicyclic) bond motifs is 5. The number of hydrogen-bond donors (Lipinski definition) is 0. The van der Waals surface area contributed by atoms with E-state index < -0.39 is 11.8 Å². The van der Waals surface area contributed by atoms with Gasteiger partial charge >= 0.3 is 0 Å². The average molecular weight is 733 g/mol. The van der Waals surface area contributed by atoms with Crippen molar-refractivity contribution in [3.8, 4) is 22.5 Å². The summed E-state index contributed by atoms with van der Waals surface area (Å²) < 4.78 is 24.8. The zero-order valence-electron chi connectivity index (χ0n) is 25.3. The Morgan fingerprint density at radius 3 is 2.39 bits per heavy atom. The van der Waals surface area contributed by atoms with Crippen LogP contribution in [0.15, 0.2) is 102 Å². The Hall–Kier alpha value is -3.63. The van der Waals surface area contributed by atoms with Gasteiger partial charge in [0.15, 0.2) is 0 Å². The van der Waals surface area contributed by atoms with E-state index >= 15 is 0 Å². The molecule has 0 aliphatic carbocycles. The largest absolute Gasteiger partial charge is 0.499 e. The molecule has 0 saturated heterocycles. The first-order valence-corrected chi connectivity index (χ1v) is 14.1. The van der Waals surface area contributed by atoms with Crippen molar-refractivity contribution in [2.75, 3.05) is 0 Å². The van der Waals surface area contributed by atoms with Gasteiger partial charge in [0.05, 0.1) is 10.3 Å². The SMILES string of the molecule is [2H]C([2H])(c1ccnc(-c2[c-]ccc3c2oc2c3ccc3cc(C)sc32)c1)C(C)(C)C.[Ir].[c-]1ccccc1-c1ccccn1. The second kappa shape index (κ2) is 12.1. The molecule has 0 fully saturated rings. The van der Waals surface area contributed by atoms with Crippen molar-refractivity contribution >= 4 is 43.4 Å². The monoisotopic (exact) mass is 733 g/mol. The minimum atomic E-state index is -1.49. The maximum Gasteiger partial charge on any atom is 0.138 e. The molecule has 0 bridgehead atoms. The predicted octanol–water partition coefficient (Wildman–Crippen LogP) is 10.1. The van der Waals surface area contributed by atoms with Crippen LogP contribution in [-0.2, 0) is 26.5 Å². The van der Waals surface area contributed by atoms with Gasteiger partial charge in [0.1, 0.15) is 5.58 Å². The number of furan rings is 1. The third-order valence-electron chi connectivity index (χ3n) is 6.39. The molecule has 0 aliphatic heterocycles. The summed E-state index contributed by atoms with van der Waals surface area (Å²) in [5.74, 6) is 0. The van der Waals surface area contributed by atoms with Gasteiger partial charge in [-0.3, -0.25) is 0 Å². The first kappa shape index (κ1) is 26.3. The van der Waals surface area contributed by atoms with Gasteiger partial charge in [-0.05, 0) is 53.7 Å². The molecular formula is C36H30IrN2OS-2. The summed E-state index contributed by atoms with van der Waals surface area (Å²) in [6.45, 7) is 7.84. The molecule has 0 unspecified atom stereocenters. The van der Waals surface area contributed by atoms with Crippen LogP contribution in [-0.4, -0.2) is 9.97 Å². The van der Waals surface area contributed by atoms with Gasteiger partial charge < -0.3 is 14.4 Å². The van der Waals surface area contributed by atoms with Crippen LogP contribution < -0.4 is 0 Å². The van der Waals surface area contributed by atoms with E-state index in [4.69, 9.17) is 7.16 Å². The van der Waals surface area contributed by atoms with Gasteiger partial charge in [-0.2, -0.15) is 0 Å². The first-order valence-electron chi connectivity index (χ1n) is 14.2. The average Bonchev–Trinajstić information content (AvgIpc) is 3.57. The summed E-state index contributed by atoms with van der Waals surface area (Å²) in [5.41, 5.74) is 5.15. The van der Waals surface area contributed by atoms with Crippen molar-refractivity contribution in [2.24, 2.45) is 5.41 Å². The van der Waals surface area contributed by atoms with E-state index in [1.54, 1.807) is 29.8 Å². The number of aromatic nitrogens is 2. The molecular weight excluding hydrogens is 701 g/mol. The summed E-state index contributed by atoms with van der Waals surface area (Å²) >= 11 is 1.74. The summed E-state index contributed by atoms with van der Waals surface area (Å²) in [4.78, 5) is 10.0. The Kier molecular flexibility index (Phi) is 7.74. The number of pyridine rings is 2. The number of hydrogen-bond acceptors (Lipinski definition) is 4. The molecule has 0 atom stereocenters. The second-order valence-corrected chi connectivity index (χ2v) is 12.0. The van der Waals surface area contributed by atoms with Crippen molar-refractivity contribution in [1.82, 2.24) is 9.97 Å². The molecule has 0 aliphatic rings. The standard InChI is InChI=1S/C25H22NOS.C11H8N.Ir/c1-15-12-17-8-9-19-18-6-5-7-20(22(18)27-23(19)24(17)28-15)21-13-16(10-11-26-21)14-25(2,3)4;1-2-6-10(7-3-1)11-8-4-5-9-12-11;/h5-6,8-13H,14H2,1-4H3;1-6,8-9H;/q2*-1;/i14D2;;. The molecule has 1 radical (unpaired) electrons. The fourth-order valence-corrected chi connectivity index (χ4v) is 5.76. The molecule has 207 valence electrons. The topological polar surface area (TPSA) is 38.9 Å². The van der Waals surface area contributed by atoms with E-state index in [-0.39, 0.29) is 20.1 Å². The molecule has 3 aromatic carbocycles. The van der Waals surface area contributed by atoms with Gasteiger partial charge in [0, 0.05) is 45.5 Å². The molecule has 0 N–H and O–H groups in total. The van der Waals surface area contributed by atoms with Gasteiger partial charge in [0.25, 0.3) is 0 Å². The van der Waals surface area contributed by atoms with Crippen molar-refractivity contribution in [2.45, 2.75) is 34.1 Å². The number of aryl methyl sites for hydroxylation is 1. The Balaban J connectivity index is 0.000000238. The maximum absolute atomic E-state index is 8.63. The molecule has 7 rings (SSSR count). The van der Waals surface area contributed by atoms with Crippen LogP contribution in [0.5, 0.6) is 0 Å². The smallest absolute Gasteiger partial charge is 0.138 e. The Labute approximate surface area is 261 Å². The van der Waals surface area contributed by atoms with E-state index in [1.807, 2.05) is 81.4 Å². The van der Waals surface area contributed by atoms with Crippen LogP contribution in [0.3, 0.4) is 0 Å². The van der Waals surface area contributed by atoms with Crippen LogP contribution in [0, 0.1) is 24.5 Å². The van der Waals surface area contributed by atoms with Crippen LogP contribution >= 0.6 is 11.3 Å². The number of thiophene rings is 1. The van der Waals surface area contributed by atoms with Crippen molar-refractivity contribution in [1.29, 1.82) is 0 Å². The Morgan fingerprint density at radius 1 is 0.829 bits per heavy atom. The van der Waals surface area contributed by atoms with Crippen LogP contribution in [0.2, 0.25) is 0 Å². The van der Waals surface area contributed by atoms with Crippen LogP contribution in [0.4, 0.5) is 0 Å². The number of nitrogens with zero attached hydrogens (tertiary/aromatic N) is 2. The minimum absolute atomic E-state index is 0. The molecule has 41 heavy (non-hydrogen) atoms. The fourth-order valence-electron chi connectivity index (χ4n) is 4.77. The van der Waals surface area contributed by atoms with Crippen molar-refractivity contribution < 1.29 is 27.3 Å². The fraction of sp³-hybridized carbons (Fsp3) is 0.167. The molecule has 7 aromatic rings. The van der Waals surface area contributed by atoms with Gasteiger partial charge in [-0.15, -0.1) is 65.4 Å². The zero-order chi connectivity index (χ0) is 29.5. The van der Waals surface area contributed by atoms with E-state index in [1.165, 1.54) is 10.3 Å². The number of benzene rings is 3. The summed E-state index contributed by atoms with van der Waals surface area (Å²) in [7, 11) is 0. The Morgan fingerprint density at radius 2 is 1.63 bits per heavy atom. The van der Waals surface area contributed by atoms with E-state index in [9.17, 15) is 0 Å². The molecule has 0 amide bonds. The maximum atomic E-state index is 8.63. The molecule has 3 nitrogen and oxygen atoms in total. The van der Waals surface area contributed by atoms with E-state index in [0.717, 1.165) is 43.5 Å². The van der Waals surface area contributed by atoms with E-state index in [0.29, 0.717) is 11.3 Å². The van der Waals surface area contributed by atoms with Gasteiger partial charge in [-0.25, -0.2) is 0 Å². The predicted molar refractivity (Wildman–Crippen MR) is 168 cm³/mol. The summed E-state index contributed by atoms with van der Waals surface area (Å²) in [6.07, 6.45) is 1.97. The molecule has 4 heterocycles. The molecule has 0 spiro atoms. The number of rotatable bonds is 3. The van der Waals surface area contributed by atoms with Crippen molar-refractivity contribution in [3.05, 3.63) is 120 Å². The minimum Gasteiger partial charge on any atom is -0.499 e. The zero-order valence-corrected chi connectivity index (χ0v) is 26.5.